The third kappa shape index (κ3) is 3.19. The van der Waals surface area contributed by atoms with E-state index in [0.717, 1.165) is 15.8 Å². The lowest BCUT2D eigenvalue weighted by Gasteiger charge is -2.08. The van der Waals surface area contributed by atoms with Crippen molar-refractivity contribution < 1.29 is 9.53 Å². The Morgan fingerprint density at radius 2 is 1.96 bits per heavy atom. The van der Waals surface area contributed by atoms with E-state index in [2.05, 4.69) is 10.3 Å². The number of ether oxygens (including phenoxy) is 1. The van der Waals surface area contributed by atoms with E-state index in [-0.39, 0.29) is 5.91 Å². The molecule has 1 amide bonds. The second-order valence-electron chi connectivity index (χ2n) is 5.79. The first-order valence-corrected chi connectivity index (χ1v) is 9.00. The molecule has 4 rings (SSSR count). The predicted octanol–water partition coefficient (Wildman–Crippen LogP) is 4.41. The van der Waals surface area contributed by atoms with Crippen LogP contribution in [0, 0.1) is 0 Å². The van der Waals surface area contributed by atoms with Crippen LogP contribution in [-0.2, 0) is 6.54 Å². The molecule has 2 aromatic carbocycles. The van der Waals surface area contributed by atoms with Crippen LogP contribution in [0.1, 0.15) is 16.1 Å². The average molecular weight is 363 g/mol. The number of nitrogens with zero attached hydrogens (tertiary/aromatic N) is 2. The Bertz CT molecular complexity index is 1050. The Morgan fingerprint density at radius 1 is 1.12 bits per heavy atom. The van der Waals surface area contributed by atoms with E-state index in [1.165, 1.54) is 11.3 Å². The van der Waals surface area contributed by atoms with Crippen molar-refractivity contribution in [2.75, 3.05) is 12.4 Å². The molecule has 1 N–H and O–H groups in total. The van der Waals surface area contributed by atoms with Crippen LogP contribution in [0.4, 0.5) is 5.13 Å². The second-order valence-corrected chi connectivity index (χ2v) is 6.82. The highest BCUT2D eigenvalue weighted by atomic mass is 32.1. The summed E-state index contributed by atoms with van der Waals surface area (Å²) in [5.41, 5.74) is 2.50. The van der Waals surface area contributed by atoms with Crippen LogP contribution in [0.2, 0.25) is 0 Å². The first-order chi connectivity index (χ1) is 12.7. The molecule has 130 valence electrons. The Balaban J connectivity index is 1.57. The Labute approximate surface area is 154 Å². The minimum absolute atomic E-state index is 0.177. The second kappa shape index (κ2) is 7.01. The number of carbonyl (C=O) groups is 1. The van der Waals surface area contributed by atoms with E-state index < -0.39 is 0 Å². The highest BCUT2D eigenvalue weighted by Crippen LogP contribution is 2.32. The monoisotopic (exact) mass is 363 g/mol. The maximum Gasteiger partial charge on any atom is 0.274 e. The molecule has 0 spiro atoms. The van der Waals surface area contributed by atoms with E-state index in [1.807, 2.05) is 71.4 Å². The van der Waals surface area contributed by atoms with Gasteiger partial charge in [0.25, 0.3) is 5.91 Å². The van der Waals surface area contributed by atoms with Crippen molar-refractivity contribution in [3.63, 3.8) is 0 Å². The topological polar surface area (TPSA) is 56.1 Å². The van der Waals surface area contributed by atoms with Gasteiger partial charge < -0.3 is 9.30 Å². The summed E-state index contributed by atoms with van der Waals surface area (Å²) >= 11 is 1.43. The van der Waals surface area contributed by atoms with Crippen molar-refractivity contribution in [3.05, 3.63) is 78.1 Å². The summed E-state index contributed by atoms with van der Waals surface area (Å²) in [5.74, 6) is 0.524. The van der Waals surface area contributed by atoms with Gasteiger partial charge in [0.1, 0.15) is 17.0 Å². The first kappa shape index (κ1) is 16.4. The fourth-order valence-electron chi connectivity index (χ4n) is 2.84. The Kier molecular flexibility index (Phi) is 4.41. The molecule has 0 fully saturated rings. The number of methoxy groups -OCH3 is 1. The zero-order chi connectivity index (χ0) is 17.9. The molecule has 0 aliphatic heterocycles. The number of anilines is 1. The number of para-hydroxylation sites is 1. The molecule has 5 nitrogen and oxygen atoms in total. The van der Waals surface area contributed by atoms with Crippen molar-refractivity contribution in [2.45, 2.75) is 6.54 Å². The van der Waals surface area contributed by atoms with Gasteiger partial charge in [-0.2, -0.15) is 0 Å². The molecule has 0 bridgehead atoms. The lowest BCUT2D eigenvalue weighted by molar-refractivity contribution is 0.101. The minimum atomic E-state index is -0.177. The summed E-state index contributed by atoms with van der Waals surface area (Å²) in [6.45, 7) is 0.643. The number of rotatable bonds is 5. The molecule has 0 aliphatic carbocycles. The van der Waals surface area contributed by atoms with Crippen molar-refractivity contribution >= 4 is 32.6 Å². The van der Waals surface area contributed by atoms with Crippen LogP contribution < -0.4 is 10.1 Å². The van der Waals surface area contributed by atoms with Crippen LogP contribution in [-0.4, -0.2) is 22.6 Å². The van der Waals surface area contributed by atoms with E-state index in [9.17, 15) is 4.79 Å². The quantitative estimate of drug-likeness (QED) is 0.571. The van der Waals surface area contributed by atoms with Crippen molar-refractivity contribution in [1.29, 1.82) is 0 Å². The predicted molar refractivity (Wildman–Crippen MR) is 104 cm³/mol. The van der Waals surface area contributed by atoms with Crippen LogP contribution in [0.15, 0.2) is 66.9 Å². The van der Waals surface area contributed by atoms with Gasteiger partial charge in [-0.15, -0.1) is 0 Å². The highest BCUT2D eigenvalue weighted by Gasteiger charge is 2.15. The number of benzene rings is 2. The third-order valence-electron chi connectivity index (χ3n) is 4.08. The van der Waals surface area contributed by atoms with Crippen LogP contribution in [0.25, 0.3) is 10.2 Å². The van der Waals surface area contributed by atoms with Gasteiger partial charge in [-0.25, -0.2) is 4.98 Å². The summed E-state index contributed by atoms with van der Waals surface area (Å²) in [6, 6.07) is 19.5. The molecule has 26 heavy (non-hydrogen) atoms. The third-order valence-corrected chi connectivity index (χ3v) is 5.02. The van der Waals surface area contributed by atoms with E-state index in [1.54, 1.807) is 7.11 Å². The number of nitrogens with one attached hydrogen (secondary N) is 1. The summed E-state index contributed by atoms with van der Waals surface area (Å²) in [6.07, 6.45) is 1.91. The lowest BCUT2D eigenvalue weighted by Crippen LogP contribution is -2.17. The summed E-state index contributed by atoms with van der Waals surface area (Å²) in [5, 5.41) is 3.46. The molecule has 0 saturated carbocycles. The van der Waals surface area contributed by atoms with Gasteiger partial charge in [0.05, 0.1) is 11.8 Å². The largest absolute Gasteiger partial charge is 0.494 e. The summed E-state index contributed by atoms with van der Waals surface area (Å²) in [7, 11) is 1.61. The molecule has 6 heteroatoms. The van der Waals surface area contributed by atoms with Gasteiger partial charge in [0.15, 0.2) is 5.13 Å². The minimum Gasteiger partial charge on any atom is -0.494 e. The molecular weight excluding hydrogens is 346 g/mol. The molecule has 0 radical (unpaired) electrons. The molecule has 0 atom stereocenters. The van der Waals surface area contributed by atoms with Gasteiger partial charge in [-0.3, -0.25) is 10.1 Å². The molecule has 2 aromatic heterocycles. The fourth-order valence-corrected chi connectivity index (χ4v) is 3.72. The van der Waals surface area contributed by atoms with Crippen LogP contribution in [0.3, 0.4) is 0 Å². The Morgan fingerprint density at radius 3 is 2.77 bits per heavy atom. The molecular formula is C20H17N3O2S. The van der Waals surface area contributed by atoms with Gasteiger partial charge in [0, 0.05) is 12.7 Å². The summed E-state index contributed by atoms with van der Waals surface area (Å²) < 4.78 is 8.23. The normalized spacial score (nSPS) is 10.8. The number of thiazole rings is 1. The van der Waals surface area contributed by atoms with Crippen LogP contribution in [0.5, 0.6) is 5.75 Å². The standard InChI is InChI=1S/C20H17N3O2S/c1-25-16-10-5-11-17-18(16)21-20(26-17)22-19(24)15-9-6-12-23(15)13-14-7-3-2-4-8-14/h2-12H,13H2,1H3,(H,21,22,24). The number of amides is 1. The van der Waals surface area contributed by atoms with E-state index >= 15 is 0 Å². The highest BCUT2D eigenvalue weighted by molar-refractivity contribution is 7.22. The zero-order valence-corrected chi connectivity index (χ0v) is 15.0. The molecule has 0 saturated heterocycles. The maximum atomic E-state index is 12.7. The van der Waals surface area contributed by atoms with Gasteiger partial charge in [0.2, 0.25) is 0 Å². The van der Waals surface area contributed by atoms with Crippen LogP contribution >= 0.6 is 11.3 Å². The zero-order valence-electron chi connectivity index (χ0n) is 14.2. The average Bonchev–Trinajstić information content (AvgIpc) is 3.28. The maximum absolute atomic E-state index is 12.7. The van der Waals surface area contributed by atoms with Crippen molar-refractivity contribution in [3.8, 4) is 5.75 Å². The van der Waals surface area contributed by atoms with E-state index in [0.29, 0.717) is 23.1 Å². The lowest BCUT2D eigenvalue weighted by atomic mass is 10.2. The number of hydrogen-bond donors (Lipinski definition) is 1. The molecule has 0 unspecified atom stereocenters. The number of carbonyl (C=O) groups excluding carboxylic acids is 1. The molecule has 2 heterocycles. The first-order valence-electron chi connectivity index (χ1n) is 8.18. The van der Waals surface area contributed by atoms with Crippen molar-refractivity contribution in [2.24, 2.45) is 0 Å². The summed E-state index contributed by atoms with van der Waals surface area (Å²) in [4.78, 5) is 17.2. The SMILES string of the molecule is COc1cccc2sc(NC(=O)c3cccn3Cc3ccccc3)nc12. The van der Waals surface area contributed by atoms with Gasteiger partial charge in [-0.1, -0.05) is 47.7 Å². The number of hydrogen-bond acceptors (Lipinski definition) is 4. The number of fused-ring (bicyclic) bond motifs is 1. The van der Waals surface area contributed by atoms with Gasteiger partial charge >= 0.3 is 0 Å². The fraction of sp³-hybridized carbons (Fsp3) is 0.100. The van der Waals surface area contributed by atoms with Gasteiger partial charge in [-0.05, 0) is 29.8 Å². The smallest absolute Gasteiger partial charge is 0.274 e. The molecule has 4 aromatic rings. The Hall–Kier alpha value is -3.12. The van der Waals surface area contributed by atoms with E-state index in [4.69, 9.17) is 4.74 Å². The molecule has 0 aliphatic rings. The number of aromatic nitrogens is 2. The van der Waals surface area contributed by atoms with Crippen molar-refractivity contribution in [1.82, 2.24) is 9.55 Å².